The van der Waals surface area contributed by atoms with Gasteiger partial charge >= 0.3 is 0 Å². The summed E-state index contributed by atoms with van der Waals surface area (Å²) in [6.45, 7) is 1.85. The van der Waals surface area contributed by atoms with Gasteiger partial charge in [0.25, 0.3) is 11.8 Å². The maximum atomic E-state index is 12.3. The summed E-state index contributed by atoms with van der Waals surface area (Å²) in [5.41, 5.74) is 3.97. The molecule has 34 heavy (non-hydrogen) atoms. The van der Waals surface area contributed by atoms with Crippen LogP contribution >= 0.6 is 39.1 Å². The van der Waals surface area contributed by atoms with Crippen molar-refractivity contribution < 1.29 is 19.1 Å². The highest BCUT2D eigenvalue weighted by molar-refractivity contribution is 9.10. The first kappa shape index (κ1) is 25.6. The van der Waals surface area contributed by atoms with Crippen LogP contribution in [0.4, 0.5) is 5.69 Å². The van der Waals surface area contributed by atoms with E-state index in [0.717, 1.165) is 4.47 Å². The molecule has 176 valence electrons. The van der Waals surface area contributed by atoms with Gasteiger partial charge in [-0.3, -0.25) is 9.59 Å². The van der Waals surface area contributed by atoms with Crippen LogP contribution in [-0.4, -0.2) is 31.2 Å². The van der Waals surface area contributed by atoms with Crippen LogP contribution in [0.1, 0.15) is 22.8 Å². The average Bonchev–Trinajstić information content (AvgIpc) is 2.80. The number of hydrazone groups is 1. The number of hydrogen-bond acceptors (Lipinski definition) is 5. The normalized spacial score (nSPS) is 10.7. The third-order valence-electron chi connectivity index (χ3n) is 4.31. The van der Waals surface area contributed by atoms with Crippen LogP contribution in [0.3, 0.4) is 0 Å². The molecule has 0 aliphatic carbocycles. The lowest BCUT2D eigenvalue weighted by molar-refractivity contribution is -0.118. The number of nitrogens with zero attached hydrogens (tertiary/aromatic N) is 1. The van der Waals surface area contributed by atoms with Crippen molar-refractivity contribution in [3.8, 4) is 11.5 Å². The lowest BCUT2D eigenvalue weighted by Crippen LogP contribution is -2.20. The third-order valence-corrected chi connectivity index (χ3v) is 5.45. The molecule has 0 bridgehead atoms. The zero-order valence-electron chi connectivity index (χ0n) is 18.0. The zero-order valence-corrected chi connectivity index (χ0v) is 21.1. The van der Waals surface area contributed by atoms with E-state index in [2.05, 4.69) is 31.8 Å². The molecule has 10 heteroatoms. The summed E-state index contributed by atoms with van der Waals surface area (Å²) in [5.74, 6) is -0.215. The minimum atomic E-state index is -0.409. The Bertz CT molecular complexity index is 1200. The summed E-state index contributed by atoms with van der Waals surface area (Å²) in [4.78, 5) is 24.5. The van der Waals surface area contributed by atoms with Crippen molar-refractivity contribution in [2.24, 2.45) is 5.10 Å². The highest BCUT2D eigenvalue weighted by Crippen LogP contribution is 2.36. The van der Waals surface area contributed by atoms with Gasteiger partial charge in [-0.1, -0.05) is 51.3 Å². The van der Waals surface area contributed by atoms with E-state index in [9.17, 15) is 9.59 Å². The Morgan fingerprint density at radius 3 is 2.47 bits per heavy atom. The number of ether oxygens (including phenoxy) is 2. The standard InChI is InChI=1S/C24H20BrCl2N3O4/c1-2-33-21-12-15(13-28-30-24(32)16-7-9-17(25)10-8-16)11-19(27)23(21)34-14-22(31)29-20-6-4-3-5-18(20)26/h3-13H,2,14H2,1H3,(H,29,31)(H,30,32)/b28-13+. The molecule has 2 N–H and O–H groups in total. The first-order chi connectivity index (χ1) is 16.4. The number of anilines is 1. The molecule has 0 heterocycles. The van der Waals surface area contributed by atoms with E-state index in [0.29, 0.717) is 34.2 Å². The molecule has 0 fully saturated rings. The fourth-order valence-electron chi connectivity index (χ4n) is 2.78. The Kier molecular flexibility index (Phi) is 9.33. The minimum absolute atomic E-state index is 0.217. The average molecular weight is 565 g/mol. The number of halogens is 3. The van der Waals surface area contributed by atoms with Gasteiger partial charge in [0.2, 0.25) is 0 Å². The molecule has 2 amide bonds. The second-order valence-corrected chi connectivity index (χ2v) is 8.52. The molecule has 0 aliphatic heterocycles. The molecular weight excluding hydrogens is 545 g/mol. The fraction of sp³-hybridized carbons (Fsp3) is 0.125. The maximum absolute atomic E-state index is 12.3. The van der Waals surface area contributed by atoms with E-state index in [4.69, 9.17) is 32.7 Å². The van der Waals surface area contributed by atoms with Gasteiger partial charge in [0, 0.05) is 10.0 Å². The van der Waals surface area contributed by atoms with Crippen LogP contribution in [-0.2, 0) is 4.79 Å². The predicted molar refractivity (Wildman–Crippen MR) is 137 cm³/mol. The third kappa shape index (κ3) is 7.21. The second kappa shape index (κ2) is 12.4. The molecule has 0 saturated heterocycles. The van der Waals surface area contributed by atoms with Crippen LogP contribution in [0.15, 0.2) is 70.2 Å². The maximum Gasteiger partial charge on any atom is 0.271 e. The molecule has 3 rings (SSSR count). The van der Waals surface area contributed by atoms with Crippen LogP contribution in [0.2, 0.25) is 10.0 Å². The van der Waals surface area contributed by atoms with Gasteiger partial charge in [-0.15, -0.1) is 0 Å². The Morgan fingerprint density at radius 2 is 1.76 bits per heavy atom. The number of benzene rings is 3. The quantitative estimate of drug-likeness (QED) is 0.249. The van der Waals surface area contributed by atoms with Gasteiger partial charge in [-0.25, -0.2) is 5.43 Å². The van der Waals surface area contributed by atoms with Crippen molar-refractivity contribution in [3.05, 3.63) is 86.3 Å². The molecule has 0 unspecified atom stereocenters. The van der Waals surface area contributed by atoms with Gasteiger partial charge in [0.05, 0.1) is 28.6 Å². The molecule has 0 radical (unpaired) electrons. The van der Waals surface area contributed by atoms with Gasteiger partial charge in [0.15, 0.2) is 18.1 Å². The summed E-state index contributed by atoms with van der Waals surface area (Å²) in [6, 6.07) is 17.0. The smallest absolute Gasteiger partial charge is 0.271 e. The molecule has 0 spiro atoms. The molecule has 0 aliphatic rings. The van der Waals surface area contributed by atoms with Gasteiger partial charge in [-0.05, 0) is 61.0 Å². The fourth-order valence-corrected chi connectivity index (χ4v) is 3.50. The van der Waals surface area contributed by atoms with Crippen LogP contribution in [0, 0.1) is 0 Å². The Morgan fingerprint density at radius 1 is 1.03 bits per heavy atom. The summed E-state index contributed by atoms with van der Waals surface area (Å²) < 4.78 is 12.1. The Balaban J connectivity index is 1.66. The van der Waals surface area contributed by atoms with E-state index in [1.165, 1.54) is 6.21 Å². The molecule has 7 nitrogen and oxygen atoms in total. The van der Waals surface area contributed by atoms with Gasteiger partial charge < -0.3 is 14.8 Å². The SMILES string of the molecule is CCOc1cc(/C=N/NC(=O)c2ccc(Br)cc2)cc(Cl)c1OCC(=O)Nc1ccccc1Cl. The van der Waals surface area contributed by atoms with Crippen molar-refractivity contribution in [2.75, 3.05) is 18.5 Å². The summed E-state index contributed by atoms with van der Waals surface area (Å²) >= 11 is 15.8. The molecule has 0 saturated carbocycles. The summed E-state index contributed by atoms with van der Waals surface area (Å²) in [7, 11) is 0. The van der Waals surface area contributed by atoms with E-state index in [1.807, 2.05) is 0 Å². The highest BCUT2D eigenvalue weighted by atomic mass is 79.9. The van der Waals surface area contributed by atoms with Crippen molar-refractivity contribution in [1.29, 1.82) is 0 Å². The second-order valence-electron chi connectivity index (χ2n) is 6.79. The van der Waals surface area contributed by atoms with Gasteiger partial charge in [0.1, 0.15) is 0 Å². The first-order valence-electron chi connectivity index (χ1n) is 10.1. The van der Waals surface area contributed by atoms with E-state index in [-0.39, 0.29) is 23.3 Å². The topological polar surface area (TPSA) is 89.0 Å². The van der Waals surface area contributed by atoms with E-state index < -0.39 is 5.91 Å². The lowest BCUT2D eigenvalue weighted by Gasteiger charge is -2.14. The van der Waals surface area contributed by atoms with Crippen LogP contribution in [0.25, 0.3) is 0 Å². The number of amides is 2. The highest BCUT2D eigenvalue weighted by Gasteiger charge is 2.15. The van der Waals surface area contributed by atoms with Crippen LogP contribution in [0.5, 0.6) is 11.5 Å². The van der Waals surface area contributed by atoms with Crippen molar-refractivity contribution in [2.45, 2.75) is 6.92 Å². The van der Waals surface area contributed by atoms with Crippen LogP contribution < -0.4 is 20.2 Å². The molecule has 0 atom stereocenters. The molecule has 3 aromatic rings. The van der Waals surface area contributed by atoms with Crippen molar-refractivity contribution >= 4 is 62.8 Å². The first-order valence-corrected chi connectivity index (χ1v) is 11.6. The number of carbonyl (C=O) groups excluding carboxylic acids is 2. The predicted octanol–water partition coefficient (Wildman–Crippen LogP) is 5.94. The number of rotatable bonds is 9. The molecule has 0 aromatic heterocycles. The number of para-hydroxylation sites is 1. The van der Waals surface area contributed by atoms with Crippen molar-refractivity contribution in [3.63, 3.8) is 0 Å². The molecular formula is C24H20BrCl2N3O4. The number of nitrogens with one attached hydrogen (secondary N) is 2. The largest absolute Gasteiger partial charge is 0.490 e. The summed E-state index contributed by atoms with van der Waals surface area (Å²) in [6.07, 6.45) is 1.43. The van der Waals surface area contributed by atoms with Gasteiger partial charge in [-0.2, -0.15) is 5.10 Å². The van der Waals surface area contributed by atoms with E-state index in [1.54, 1.807) is 67.6 Å². The monoisotopic (exact) mass is 563 g/mol. The minimum Gasteiger partial charge on any atom is -0.490 e. The van der Waals surface area contributed by atoms with Crippen molar-refractivity contribution in [1.82, 2.24) is 5.43 Å². The number of carbonyl (C=O) groups is 2. The Labute approximate surface area is 215 Å². The molecule has 3 aromatic carbocycles. The number of hydrogen-bond donors (Lipinski definition) is 2. The van der Waals surface area contributed by atoms with E-state index >= 15 is 0 Å². The zero-order chi connectivity index (χ0) is 24.5. The Hall–Kier alpha value is -3.07. The lowest BCUT2D eigenvalue weighted by atomic mass is 10.2. The summed E-state index contributed by atoms with van der Waals surface area (Å²) in [5, 5.41) is 7.28.